The van der Waals surface area contributed by atoms with Gasteiger partial charge in [-0.1, -0.05) is 25.1 Å². The van der Waals surface area contributed by atoms with Crippen molar-refractivity contribution in [1.29, 1.82) is 0 Å². The van der Waals surface area contributed by atoms with E-state index in [0.717, 1.165) is 17.4 Å². The second kappa shape index (κ2) is 6.67. The maximum Gasteiger partial charge on any atom is 0.258 e. The number of aryl methyl sites for hydroxylation is 1. The third-order valence-corrected chi connectivity index (χ3v) is 6.09. The average Bonchev–Trinajstić information content (AvgIpc) is 2.68. The zero-order valence-corrected chi connectivity index (χ0v) is 16.7. The molecule has 0 saturated carbocycles. The predicted octanol–water partition coefficient (Wildman–Crippen LogP) is 3.16. The van der Waals surface area contributed by atoms with Crippen LogP contribution in [0.3, 0.4) is 0 Å². The molecular formula is C21H21NO5S. The normalized spacial score (nSPS) is 16.3. The van der Waals surface area contributed by atoms with Crippen molar-refractivity contribution in [3.05, 3.63) is 52.9 Å². The van der Waals surface area contributed by atoms with E-state index in [2.05, 4.69) is 0 Å². The number of pyridine rings is 1. The summed E-state index contributed by atoms with van der Waals surface area (Å²) < 4.78 is 38.0. The fraction of sp³-hybridized carbons (Fsp3) is 0.286. The first-order valence-corrected chi connectivity index (χ1v) is 10.9. The van der Waals surface area contributed by atoms with E-state index in [1.165, 1.54) is 16.9 Å². The minimum atomic E-state index is -3.47. The van der Waals surface area contributed by atoms with Crippen molar-refractivity contribution in [3.63, 3.8) is 0 Å². The number of hydrogen-bond donors (Lipinski definition) is 0. The van der Waals surface area contributed by atoms with E-state index >= 15 is 0 Å². The molecule has 1 aromatic heterocycles. The zero-order chi connectivity index (χ0) is 20.1. The van der Waals surface area contributed by atoms with Gasteiger partial charge in [0, 0.05) is 42.1 Å². The Morgan fingerprint density at radius 2 is 1.86 bits per heavy atom. The molecule has 1 unspecified atom stereocenters. The molecule has 0 N–H and O–H groups in total. The fourth-order valence-electron chi connectivity index (χ4n) is 3.45. The van der Waals surface area contributed by atoms with Crippen molar-refractivity contribution in [3.8, 4) is 22.6 Å². The first-order chi connectivity index (χ1) is 13.3. The lowest BCUT2D eigenvalue weighted by molar-refractivity contribution is 0.0886. The number of nitrogens with zero attached hydrogens (tertiary/aromatic N) is 1. The molecule has 1 aliphatic heterocycles. The SMILES string of the molecule is CCC1COc2c(cc(S(C)(=O)=O)cc2-c2cn(C)c(=O)c3ccccc23)O1. The van der Waals surface area contributed by atoms with Gasteiger partial charge in [-0.3, -0.25) is 4.79 Å². The quantitative estimate of drug-likeness (QED) is 0.676. The molecule has 4 rings (SSSR count). The van der Waals surface area contributed by atoms with Gasteiger partial charge in [-0.15, -0.1) is 0 Å². The second-order valence-electron chi connectivity index (χ2n) is 7.03. The largest absolute Gasteiger partial charge is 0.485 e. The van der Waals surface area contributed by atoms with Gasteiger partial charge < -0.3 is 14.0 Å². The summed E-state index contributed by atoms with van der Waals surface area (Å²) in [4.78, 5) is 12.7. The molecule has 0 bridgehead atoms. The van der Waals surface area contributed by atoms with Crippen LogP contribution in [0.1, 0.15) is 13.3 Å². The molecule has 1 aliphatic rings. The van der Waals surface area contributed by atoms with Crippen LogP contribution in [0.15, 0.2) is 52.3 Å². The van der Waals surface area contributed by atoms with Crippen LogP contribution in [0, 0.1) is 0 Å². The summed E-state index contributed by atoms with van der Waals surface area (Å²) in [5.74, 6) is 0.912. The van der Waals surface area contributed by atoms with Crippen molar-refractivity contribution < 1.29 is 17.9 Å². The fourth-order valence-corrected chi connectivity index (χ4v) is 4.10. The molecule has 2 aromatic carbocycles. The molecular weight excluding hydrogens is 378 g/mol. The van der Waals surface area contributed by atoms with Crippen LogP contribution in [0.4, 0.5) is 0 Å². The highest BCUT2D eigenvalue weighted by molar-refractivity contribution is 7.90. The Morgan fingerprint density at radius 3 is 2.54 bits per heavy atom. The van der Waals surface area contributed by atoms with E-state index in [1.54, 1.807) is 31.4 Å². The zero-order valence-electron chi connectivity index (χ0n) is 15.9. The Labute approximate surface area is 163 Å². The summed E-state index contributed by atoms with van der Waals surface area (Å²) in [7, 11) is -1.79. The Bertz CT molecular complexity index is 1240. The van der Waals surface area contributed by atoms with Gasteiger partial charge in [0.2, 0.25) is 0 Å². The summed E-state index contributed by atoms with van der Waals surface area (Å²) in [6, 6.07) is 10.4. The molecule has 0 fully saturated rings. The Kier molecular flexibility index (Phi) is 4.42. The van der Waals surface area contributed by atoms with Crippen molar-refractivity contribution >= 4 is 20.6 Å². The number of benzene rings is 2. The molecule has 2 heterocycles. The lowest BCUT2D eigenvalue weighted by Gasteiger charge is -2.28. The molecule has 0 aliphatic carbocycles. The van der Waals surface area contributed by atoms with E-state index in [-0.39, 0.29) is 16.6 Å². The van der Waals surface area contributed by atoms with Crippen LogP contribution < -0.4 is 15.0 Å². The van der Waals surface area contributed by atoms with Crippen LogP contribution in [-0.2, 0) is 16.9 Å². The third-order valence-electron chi connectivity index (χ3n) is 5.00. The Hall–Kier alpha value is -2.80. The van der Waals surface area contributed by atoms with Crippen molar-refractivity contribution in [2.45, 2.75) is 24.3 Å². The van der Waals surface area contributed by atoms with E-state index < -0.39 is 9.84 Å². The topological polar surface area (TPSA) is 74.6 Å². The van der Waals surface area contributed by atoms with E-state index in [1.807, 2.05) is 19.1 Å². The number of fused-ring (bicyclic) bond motifs is 2. The number of rotatable bonds is 3. The molecule has 0 amide bonds. The van der Waals surface area contributed by atoms with Crippen molar-refractivity contribution in [2.75, 3.05) is 12.9 Å². The lowest BCUT2D eigenvalue weighted by Crippen LogP contribution is -2.28. The summed E-state index contributed by atoms with van der Waals surface area (Å²) in [5.41, 5.74) is 1.20. The molecule has 146 valence electrons. The van der Waals surface area contributed by atoms with Crippen LogP contribution in [0.25, 0.3) is 21.9 Å². The number of aromatic nitrogens is 1. The van der Waals surface area contributed by atoms with Crippen LogP contribution >= 0.6 is 0 Å². The summed E-state index contributed by atoms with van der Waals surface area (Å²) >= 11 is 0. The number of hydrogen-bond acceptors (Lipinski definition) is 5. The average molecular weight is 399 g/mol. The minimum Gasteiger partial charge on any atom is -0.485 e. The molecule has 7 heteroatoms. The number of sulfone groups is 1. The lowest BCUT2D eigenvalue weighted by atomic mass is 9.99. The van der Waals surface area contributed by atoms with Gasteiger partial charge in [-0.2, -0.15) is 0 Å². The molecule has 3 aromatic rings. The van der Waals surface area contributed by atoms with Gasteiger partial charge in [-0.25, -0.2) is 8.42 Å². The highest BCUT2D eigenvalue weighted by Gasteiger charge is 2.27. The third kappa shape index (κ3) is 3.05. The monoisotopic (exact) mass is 399 g/mol. The maximum absolute atomic E-state index is 12.5. The molecule has 0 spiro atoms. The second-order valence-corrected chi connectivity index (χ2v) is 9.05. The smallest absolute Gasteiger partial charge is 0.258 e. The van der Waals surface area contributed by atoms with Crippen LogP contribution in [0.2, 0.25) is 0 Å². The predicted molar refractivity (Wildman–Crippen MR) is 108 cm³/mol. The summed E-state index contributed by atoms with van der Waals surface area (Å²) in [6.45, 7) is 2.37. The Balaban J connectivity index is 2.08. The van der Waals surface area contributed by atoms with Crippen LogP contribution in [0.5, 0.6) is 11.5 Å². The first kappa shape index (κ1) is 18.6. The van der Waals surface area contributed by atoms with Gasteiger partial charge in [0.25, 0.3) is 5.56 Å². The van der Waals surface area contributed by atoms with Gasteiger partial charge in [0.1, 0.15) is 12.7 Å². The standard InChI is InChI=1S/C21H21NO5S/c1-4-13-12-26-20-17(9-14(28(3,24)25)10-19(20)27-13)18-11-22(2)21(23)16-8-6-5-7-15(16)18/h5-11,13H,4,12H2,1-3H3. The number of ether oxygens (including phenoxy) is 2. The molecule has 28 heavy (non-hydrogen) atoms. The highest BCUT2D eigenvalue weighted by Crippen LogP contribution is 2.44. The minimum absolute atomic E-state index is 0.115. The molecule has 1 atom stereocenters. The summed E-state index contributed by atoms with van der Waals surface area (Å²) in [5, 5.41) is 1.30. The van der Waals surface area contributed by atoms with E-state index in [0.29, 0.717) is 29.1 Å². The molecule has 0 radical (unpaired) electrons. The highest BCUT2D eigenvalue weighted by atomic mass is 32.2. The molecule has 0 saturated heterocycles. The maximum atomic E-state index is 12.5. The van der Waals surface area contributed by atoms with Crippen LogP contribution in [-0.4, -0.2) is 32.0 Å². The van der Waals surface area contributed by atoms with E-state index in [9.17, 15) is 13.2 Å². The Morgan fingerprint density at radius 1 is 1.14 bits per heavy atom. The summed E-state index contributed by atoms with van der Waals surface area (Å²) in [6.07, 6.45) is 3.49. The van der Waals surface area contributed by atoms with Gasteiger partial charge in [0.15, 0.2) is 21.3 Å². The van der Waals surface area contributed by atoms with Gasteiger partial charge in [-0.05, 0) is 23.9 Å². The van der Waals surface area contributed by atoms with Gasteiger partial charge >= 0.3 is 0 Å². The molecule has 6 nitrogen and oxygen atoms in total. The van der Waals surface area contributed by atoms with Gasteiger partial charge in [0.05, 0.1) is 4.90 Å². The first-order valence-electron chi connectivity index (χ1n) is 9.06. The van der Waals surface area contributed by atoms with E-state index in [4.69, 9.17) is 9.47 Å². The van der Waals surface area contributed by atoms with Crippen molar-refractivity contribution in [1.82, 2.24) is 4.57 Å². The van der Waals surface area contributed by atoms with Crippen molar-refractivity contribution in [2.24, 2.45) is 7.05 Å².